The number of hydrogen-bond acceptors (Lipinski definition) is 6. The van der Waals surface area contributed by atoms with Gasteiger partial charge in [0.05, 0.1) is 28.8 Å². The normalized spacial score (nSPS) is 13.9. The van der Waals surface area contributed by atoms with Gasteiger partial charge in [0.1, 0.15) is 17.0 Å². The highest BCUT2D eigenvalue weighted by atomic mass is 19.1. The van der Waals surface area contributed by atoms with Gasteiger partial charge in [-0.3, -0.25) is 14.9 Å². The first kappa shape index (κ1) is 29.6. The third kappa shape index (κ3) is 6.21. The van der Waals surface area contributed by atoms with Crippen LogP contribution in [0.3, 0.4) is 0 Å². The average Bonchev–Trinajstić information content (AvgIpc) is 3.69. The van der Waals surface area contributed by atoms with E-state index in [2.05, 4.69) is 35.7 Å². The molecule has 4 aromatic heterocycles. The van der Waals surface area contributed by atoms with E-state index in [1.54, 1.807) is 18.5 Å². The Morgan fingerprint density at radius 3 is 2.65 bits per heavy atom. The predicted octanol–water partition coefficient (Wildman–Crippen LogP) is 7.47. The van der Waals surface area contributed by atoms with Crippen LogP contribution in [0, 0.1) is 11.7 Å². The van der Waals surface area contributed by atoms with Crippen molar-refractivity contribution in [1.82, 2.24) is 30.0 Å². The molecule has 1 fully saturated rings. The van der Waals surface area contributed by atoms with E-state index in [4.69, 9.17) is 4.98 Å². The Kier molecular flexibility index (Phi) is 8.19. The number of fused-ring (bicyclic) bond motifs is 2. The lowest BCUT2D eigenvalue weighted by Gasteiger charge is -2.20. The zero-order valence-corrected chi connectivity index (χ0v) is 26.0. The Labute approximate surface area is 266 Å². The molecule has 1 saturated carbocycles. The van der Waals surface area contributed by atoms with Crippen LogP contribution in [0.25, 0.3) is 55.7 Å². The number of aromatic amines is 2. The first-order valence-electron chi connectivity index (χ1n) is 15.8. The predicted molar refractivity (Wildman–Crippen MR) is 182 cm³/mol. The van der Waals surface area contributed by atoms with Crippen molar-refractivity contribution in [3.63, 3.8) is 0 Å². The second-order valence-corrected chi connectivity index (χ2v) is 12.4. The van der Waals surface area contributed by atoms with Crippen LogP contribution in [0.2, 0.25) is 0 Å². The van der Waals surface area contributed by atoms with Gasteiger partial charge in [0.15, 0.2) is 0 Å². The molecule has 0 radical (unpaired) electrons. The molecule has 0 atom stereocenters. The van der Waals surface area contributed by atoms with Crippen LogP contribution in [0.4, 0.5) is 15.8 Å². The number of aromatic nitrogens is 5. The van der Waals surface area contributed by atoms with E-state index < -0.39 is 0 Å². The Morgan fingerprint density at radius 1 is 0.957 bits per heavy atom. The maximum Gasteiger partial charge on any atom is 0.227 e. The molecular weight excluding hydrogens is 579 g/mol. The van der Waals surface area contributed by atoms with Crippen molar-refractivity contribution in [2.75, 3.05) is 37.8 Å². The summed E-state index contributed by atoms with van der Waals surface area (Å²) in [6.45, 7) is 1.56. The molecule has 0 spiro atoms. The van der Waals surface area contributed by atoms with Crippen LogP contribution in [0.15, 0.2) is 73.1 Å². The SMILES string of the molecule is CN(C)CCNc1cc(F)cc(-c2cccc3[nH]c(-c4n[nH]c5ccc(-c6cncc(NC(=O)C7CCCCC7)c6)nc45)cc23)c1. The summed E-state index contributed by atoms with van der Waals surface area (Å²) in [5.74, 6) is -0.169. The summed E-state index contributed by atoms with van der Waals surface area (Å²) >= 11 is 0. The van der Waals surface area contributed by atoms with Gasteiger partial charge in [0, 0.05) is 47.4 Å². The summed E-state index contributed by atoms with van der Waals surface area (Å²) in [6, 6.07) is 18.9. The lowest BCUT2D eigenvalue weighted by Crippen LogP contribution is -2.24. The fraction of sp³-hybridized carbons (Fsp3) is 0.278. The Bertz CT molecular complexity index is 2020. The van der Waals surface area contributed by atoms with Crippen molar-refractivity contribution in [3.8, 4) is 33.8 Å². The molecule has 4 heterocycles. The van der Waals surface area contributed by atoms with Crippen molar-refractivity contribution >= 4 is 39.2 Å². The maximum absolute atomic E-state index is 14.7. The molecule has 6 aromatic rings. The number of amides is 1. The maximum atomic E-state index is 14.7. The molecule has 1 aliphatic rings. The lowest BCUT2D eigenvalue weighted by atomic mass is 9.88. The molecule has 9 nitrogen and oxygen atoms in total. The summed E-state index contributed by atoms with van der Waals surface area (Å²) < 4.78 is 14.7. The van der Waals surface area contributed by atoms with Crippen molar-refractivity contribution in [2.24, 2.45) is 5.92 Å². The van der Waals surface area contributed by atoms with Crippen LogP contribution in [0.5, 0.6) is 0 Å². The smallest absolute Gasteiger partial charge is 0.227 e. The Morgan fingerprint density at radius 2 is 1.80 bits per heavy atom. The number of hydrogen-bond donors (Lipinski definition) is 4. The first-order valence-corrected chi connectivity index (χ1v) is 15.8. The highest BCUT2D eigenvalue weighted by Gasteiger charge is 2.21. The van der Waals surface area contributed by atoms with E-state index in [9.17, 15) is 9.18 Å². The lowest BCUT2D eigenvalue weighted by molar-refractivity contribution is -0.120. The minimum absolute atomic E-state index is 0.0601. The third-order valence-corrected chi connectivity index (χ3v) is 8.70. The molecule has 46 heavy (non-hydrogen) atoms. The number of carbonyl (C=O) groups excluding carboxylic acids is 1. The standard InChI is InChI=1S/C36H37FN8O/c1-45(2)14-13-39-26-16-23(15-25(37)18-26)28-9-6-10-31-29(28)19-33(41-31)35-34-32(43-44-35)12-11-30(42-34)24-17-27(21-38-20-24)40-36(46)22-7-4-3-5-8-22/h6,9-12,15-22,39,41H,3-5,7-8,13-14H2,1-2H3,(H,40,46)(H,43,44). The van der Waals surface area contributed by atoms with E-state index in [1.807, 2.05) is 62.6 Å². The van der Waals surface area contributed by atoms with E-state index >= 15 is 0 Å². The number of benzene rings is 2. The second-order valence-electron chi connectivity index (χ2n) is 12.4. The van der Waals surface area contributed by atoms with Crippen molar-refractivity contribution in [2.45, 2.75) is 32.1 Å². The second kappa shape index (κ2) is 12.7. The number of nitrogens with zero attached hydrogens (tertiary/aromatic N) is 4. The molecule has 10 heteroatoms. The van der Waals surface area contributed by atoms with Crippen molar-refractivity contribution in [3.05, 3.63) is 78.9 Å². The summed E-state index contributed by atoms with van der Waals surface area (Å²) in [5.41, 5.74) is 8.54. The quantitative estimate of drug-likeness (QED) is 0.134. The number of halogens is 1. The molecule has 4 N–H and O–H groups in total. The van der Waals surface area contributed by atoms with Gasteiger partial charge in [-0.2, -0.15) is 5.10 Å². The van der Waals surface area contributed by atoms with Gasteiger partial charge in [-0.25, -0.2) is 9.37 Å². The van der Waals surface area contributed by atoms with E-state index in [0.29, 0.717) is 23.4 Å². The fourth-order valence-corrected chi connectivity index (χ4v) is 6.31. The molecule has 1 amide bonds. The third-order valence-electron chi connectivity index (χ3n) is 8.70. The summed E-state index contributed by atoms with van der Waals surface area (Å²) in [5, 5.41) is 15.1. The van der Waals surface area contributed by atoms with Crippen molar-refractivity contribution < 1.29 is 9.18 Å². The van der Waals surface area contributed by atoms with Gasteiger partial charge >= 0.3 is 0 Å². The van der Waals surface area contributed by atoms with Crippen LogP contribution in [-0.2, 0) is 4.79 Å². The molecule has 0 unspecified atom stereocenters. The Hall–Kier alpha value is -5.09. The average molecular weight is 617 g/mol. The molecule has 2 aromatic carbocycles. The molecular formula is C36H37FN8O. The molecule has 234 valence electrons. The minimum atomic E-state index is -0.292. The van der Waals surface area contributed by atoms with Gasteiger partial charge in [-0.1, -0.05) is 31.4 Å². The van der Waals surface area contributed by atoms with E-state index in [-0.39, 0.29) is 17.6 Å². The number of nitrogens with one attached hydrogen (secondary N) is 4. The molecule has 1 aliphatic carbocycles. The number of rotatable bonds is 9. The number of H-pyrrole nitrogens is 2. The monoisotopic (exact) mass is 616 g/mol. The van der Waals surface area contributed by atoms with Gasteiger partial charge in [-0.15, -0.1) is 0 Å². The number of carbonyl (C=O) groups is 1. The van der Waals surface area contributed by atoms with Crippen LogP contribution in [0.1, 0.15) is 32.1 Å². The minimum Gasteiger partial charge on any atom is -0.384 e. The van der Waals surface area contributed by atoms with Gasteiger partial charge in [0.2, 0.25) is 5.91 Å². The largest absolute Gasteiger partial charge is 0.384 e. The Balaban J connectivity index is 1.19. The van der Waals surface area contributed by atoms with Gasteiger partial charge in [0.25, 0.3) is 0 Å². The van der Waals surface area contributed by atoms with Gasteiger partial charge in [-0.05, 0) is 86.6 Å². The zero-order valence-electron chi connectivity index (χ0n) is 26.0. The van der Waals surface area contributed by atoms with Crippen LogP contribution in [-0.4, -0.2) is 63.1 Å². The topological polar surface area (TPSA) is 115 Å². The molecule has 7 rings (SSSR count). The van der Waals surface area contributed by atoms with Gasteiger partial charge < -0.3 is 20.5 Å². The molecule has 0 aliphatic heterocycles. The van der Waals surface area contributed by atoms with Crippen molar-refractivity contribution in [1.29, 1.82) is 0 Å². The molecule has 0 bridgehead atoms. The zero-order chi connectivity index (χ0) is 31.6. The number of anilines is 2. The number of likely N-dealkylation sites (N-methyl/N-ethyl adjacent to an activating group) is 1. The summed E-state index contributed by atoms with van der Waals surface area (Å²) in [6.07, 6.45) is 8.71. The van der Waals surface area contributed by atoms with E-state index in [1.165, 1.54) is 12.5 Å². The van der Waals surface area contributed by atoms with Crippen LogP contribution >= 0.6 is 0 Å². The molecule has 0 saturated heterocycles. The van der Waals surface area contributed by atoms with Crippen LogP contribution < -0.4 is 10.6 Å². The highest BCUT2D eigenvalue weighted by molar-refractivity contribution is 6.01. The highest BCUT2D eigenvalue weighted by Crippen LogP contribution is 2.35. The summed E-state index contributed by atoms with van der Waals surface area (Å²) in [4.78, 5) is 27.8. The van der Waals surface area contributed by atoms with E-state index in [0.717, 1.165) is 82.4 Å². The fourth-order valence-electron chi connectivity index (χ4n) is 6.31. The summed E-state index contributed by atoms with van der Waals surface area (Å²) in [7, 11) is 4.02. The number of pyridine rings is 2. The first-order chi connectivity index (χ1) is 22.4.